The van der Waals surface area contributed by atoms with E-state index in [1.807, 2.05) is 6.07 Å². The van der Waals surface area contributed by atoms with Gasteiger partial charge in [-0.2, -0.15) is 0 Å². The first kappa shape index (κ1) is 24.5. The summed E-state index contributed by atoms with van der Waals surface area (Å²) in [5.41, 5.74) is 4.56. The van der Waals surface area contributed by atoms with Crippen molar-refractivity contribution in [2.24, 2.45) is 11.8 Å². The molecule has 182 valence electrons. The van der Waals surface area contributed by atoms with E-state index in [1.165, 1.54) is 15.9 Å². The number of halogens is 3. The zero-order chi connectivity index (χ0) is 23.8. The lowest BCUT2D eigenvalue weighted by molar-refractivity contribution is -0.911. The second-order valence-electron chi connectivity index (χ2n) is 9.83. The Hall–Kier alpha value is -1.15. The molecule has 0 radical (unpaired) electrons. The van der Waals surface area contributed by atoms with Gasteiger partial charge in [0.15, 0.2) is 0 Å². The van der Waals surface area contributed by atoms with Crippen molar-refractivity contribution in [2.45, 2.75) is 50.9 Å². The molecule has 1 aromatic heterocycles. The molecule has 1 aliphatic carbocycles. The quantitative estimate of drug-likeness (QED) is 0.358. The number of hydrogen-bond donors (Lipinski definition) is 1. The smallest absolute Gasteiger partial charge is 0.245 e. The number of rotatable bonds is 3. The van der Waals surface area contributed by atoms with Crippen LogP contribution in [0.5, 0.6) is 0 Å². The number of carbonyl (C=O) groups excluding carboxylic acids is 1. The molecule has 2 aromatic rings. The molecule has 3 aliphatic rings. The highest BCUT2D eigenvalue weighted by molar-refractivity contribution is 9.10. The first-order chi connectivity index (χ1) is 16.4. The van der Waals surface area contributed by atoms with Gasteiger partial charge in [0.2, 0.25) is 17.8 Å². The molecule has 0 bridgehead atoms. The fourth-order valence-corrected chi connectivity index (χ4v) is 7.61. The van der Waals surface area contributed by atoms with Gasteiger partial charge in [0.1, 0.15) is 0 Å². The Balaban J connectivity index is 1.42. The molecule has 5 rings (SSSR count). The van der Waals surface area contributed by atoms with Crippen LogP contribution in [0.2, 0.25) is 5.02 Å². The summed E-state index contributed by atoms with van der Waals surface area (Å²) < 4.78 is 8.61. The van der Waals surface area contributed by atoms with Crippen molar-refractivity contribution in [3.8, 4) is 0 Å². The minimum Gasteiger partial charge on any atom is -0.381 e. The molecule has 0 spiro atoms. The van der Waals surface area contributed by atoms with E-state index >= 15 is 0 Å². The lowest BCUT2D eigenvalue weighted by Crippen LogP contribution is -2.44. The second kappa shape index (κ2) is 10.5. The van der Waals surface area contributed by atoms with Gasteiger partial charge in [0.25, 0.3) is 0 Å². The fourth-order valence-electron chi connectivity index (χ4n) is 6.02. The first-order valence-electron chi connectivity index (χ1n) is 12.2. The fraction of sp³-hybridized carbons (Fsp3) is 0.538. The van der Waals surface area contributed by atoms with Crippen LogP contribution in [0.3, 0.4) is 0 Å². The van der Waals surface area contributed by atoms with E-state index in [0.717, 1.165) is 90.1 Å². The third kappa shape index (κ3) is 5.04. The highest BCUT2D eigenvalue weighted by atomic mass is 79.9. The number of benzene rings is 1. The summed E-state index contributed by atoms with van der Waals surface area (Å²) in [4.78, 5) is 15.0. The first-order valence-corrected chi connectivity index (χ1v) is 14.1. The molecule has 2 saturated heterocycles. The van der Waals surface area contributed by atoms with E-state index < -0.39 is 0 Å². The summed E-state index contributed by atoms with van der Waals surface area (Å²) in [6.07, 6.45) is 7.87. The third-order valence-electron chi connectivity index (χ3n) is 7.75. The average Bonchev–Trinajstić information content (AvgIpc) is 2.97. The largest absolute Gasteiger partial charge is 0.381 e. The number of hydrogen-bond acceptors (Lipinski definition) is 3. The second-order valence-corrected chi connectivity index (χ2v) is 12.0. The molecule has 34 heavy (non-hydrogen) atoms. The minimum absolute atomic E-state index is 0.0324. The highest BCUT2D eigenvalue weighted by Gasteiger charge is 2.41. The number of ether oxygens (including phenoxy) is 1. The summed E-state index contributed by atoms with van der Waals surface area (Å²) >= 11 is 13.8. The Morgan fingerprint density at radius 1 is 1.09 bits per heavy atom. The zero-order valence-corrected chi connectivity index (χ0v) is 23.0. The van der Waals surface area contributed by atoms with Crippen molar-refractivity contribution in [3.05, 3.63) is 60.7 Å². The molecule has 8 heteroatoms. The lowest BCUT2D eigenvalue weighted by Gasteiger charge is -2.36. The van der Waals surface area contributed by atoms with Crippen molar-refractivity contribution in [1.29, 1.82) is 0 Å². The average molecular weight is 614 g/mol. The third-order valence-corrected chi connectivity index (χ3v) is 9.06. The lowest BCUT2D eigenvalue weighted by atomic mass is 9.76. The number of fused-ring (bicyclic) bond motifs is 2. The van der Waals surface area contributed by atoms with Gasteiger partial charge in [0, 0.05) is 52.5 Å². The van der Waals surface area contributed by atoms with E-state index in [0.29, 0.717) is 18.3 Å². The van der Waals surface area contributed by atoms with Gasteiger partial charge in [0.05, 0.1) is 10.4 Å². The topological polar surface area (TPSA) is 53.7 Å². The Labute approximate surface area is 222 Å². The van der Waals surface area contributed by atoms with Crippen molar-refractivity contribution in [3.63, 3.8) is 0 Å². The van der Waals surface area contributed by atoms with Gasteiger partial charge in [-0.3, -0.25) is 10.0 Å². The monoisotopic (exact) mass is 611 g/mol. The van der Waals surface area contributed by atoms with E-state index in [4.69, 9.17) is 16.3 Å². The van der Waals surface area contributed by atoms with Crippen molar-refractivity contribution in [1.82, 2.24) is 4.90 Å². The van der Waals surface area contributed by atoms with Crippen LogP contribution in [-0.2, 0) is 22.4 Å². The van der Waals surface area contributed by atoms with Crippen LogP contribution in [-0.4, -0.2) is 42.3 Å². The summed E-state index contributed by atoms with van der Waals surface area (Å²) in [6, 6.07) is 6.16. The van der Waals surface area contributed by atoms with Crippen LogP contribution in [0.4, 0.5) is 0 Å². The molecule has 5 nitrogen and oxygen atoms in total. The molecular weight excluding hydrogens is 584 g/mol. The van der Waals surface area contributed by atoms with Gasteiger partial charge in [-0.25, -0.2) is 0 Å². The van der Waals surface area contributed by atoms with E-state index in [2.05, 4.69) is 48.9 Å². The molecule has 1 amide bonds. The number of nitrogens with zero attached hydrogens (tertiary/aromatic N) is 2. The number of amides is 1. The van der Waals surface area contributed by atoms with Crippen LogP contribution in [0.1, 0.15) is 60.4 Å². The molecular formula is C26H30Br2ClN2O3+. The number of piperidine rings is 1. The minimum atomic E-state index is 0.0324. The van der Waals surface area contributed by atoms with E-state index in [1.54, 1.807) is 6.20 Å². The van der Waals surface area contributed by atoms with E-state index in [9.17, 15) is 10.0 Å². The maximum absolute atomic E-state index is 13.0. The molecule has 3 heterocycles. The number of carbonyl (C=O) groups is 1. The molecule has 1 atom stereocenters. The van der Waals surface area contributed by atoms with Crippen LogP contribution in [0, 0.1) is 11.8 Å². The van der Waals surface area contributed by atoms with Crippen molar-refractivity contribution in [2.75, 3.05) is 26.3 Å². The molecule has 0 unspecified atom stereocenters. The molecule has 1 aromatic carbocycles. The Kier molecular flexibility index (Phi) is 7.54. The normalized spacial score (nSPS) is 21.6. The summed E-state index contributed by atoms with van der Waals surface area (Å²) in [5, 5.41) is 11.8. The van der Waals surface area contributed by atoms with E-state index in [-0.39, 0.29) is 11.8 Å². The van der Waals surface area contributed by atoms with Gasteiger partial charge < -0.3 is 9.64 Å². The molecule has 2 fully saturated rings. The molecule has 0 saturated carbocycles. The Morgan fingerprint density at radius 3 is 2.53 bits per heavy atom. The number of aromatic nitrogens is 1. The molecule has 1 N–H and O–H groups in total. The zero-order valence-electron chi connectivity index (χ0n) is 19.1. The Bertz CT molecular complexity index is 1020. The summed E-state index contributed by atoms with van der Waals surface area (Å²) in [5.74, 6) is 1.08. The van der Waals surface area contributed by atoms with Gasteiger partial charge in [-0.05, 0) is 95.6 Å². The maximum Gasteiger partial charge on any atom is 0.245 e. The highest BCUT2D eigenvalue weighted by Crippen LogP contribution is 2.45. The van der Waals surface area contributed by atoms with Crippen molar-refractivity contribution < 1.29 is 19.5 Å². The van der Waals surface area contributed by atoms with Crippen LogP contribution >= 0.6 is 43.5 Å². The van der Waals surface area contributed by atoms with Gasteiger partial charge >= 0.3 is 0 Å². The SMILES string of the molecule is O=C(CC1CCOCC1)N1CCC([C@@H]2c3c(Br)cc(Cl)cc3CCc3cc(Br)c[n+](O)c32)CC1. The maximum atomic E-state index is 13.0. The number of pyridine rings is 1. The van der Waals surface area contributed by atoms with Crippen LogP contribution in [0.15, 0.2) is 33.3 Å². The summed E-state index contributed by atoms with van der Waals surface area (Å²) in [6.45, 7) is 3.08. The Morgan fingerprint density at radius 2 is 1.79 bits per heavy atom. The number of aryl methyl sites for hydroxylation is 2. The standard InChI is InChI=1S/C26H30Br2ClN2O3/c27-20-12-19-2-1-18-13-21(29)14-22(28)24(18)25(26(19)31(33)15-20)17-3-7-30(8-4-17)23(32)11-16-5-9-34-10-6-16/h12-17,25,33H,1-11H2/q+1/t25-/m1/s1. The summed E-state index contributed by atoms with van der Waals surface area (Å²) in [7, 11) is 0. The van der Waals surface area contributed by atoms with Gasteiger partial charge in [-0.15, -0.1) is 0 Å². The molecule has 2 aliphatic heterocycles. The van der Waals surface area contributed by atoms with Crippen molar-refractivity contribution >= 4 is 49.4 Å². The number of likely N-dealkylation sites (tertiary alicyclic amines) is 1. The predicted molar refractivity (Wildman–Crippen MR) is 137 cm³/mol. The van der Waals surface area contributed by atoms with Gasteiger partial charge in [-0.1, -0.05) is 27.5 Å². The predicted octanol–water partition coefficient (Wildman–Crippen LogP) is 5.68. The van der Waals surface area contributed by atoms with Crippen LogP contribution in [0.25, 0.3) is 0 Å². The van der Waals surface area contributed by atoms with Crippen LogP contribution < -0.4 is 4.73 Å².